The number of ether oxygens (including phenoxy) is 2. The normalized spacial score (nSPS) is 22.9. The van der Waals surface area contributed by atoms with Crippen molar-refractivity contribution in [2.24, 2.45) is 0 Å². The molecule has 11 heteroatoms. The Morgan fingerprint density at radius 2 is 1.30 bits per heavy atom. The zero-order valence-corrected chi connectivity index (χ0v) is 21.9. The molecule has 1 aliphatic heterocycles. The number of hydrogen-bond acceptors (Lipinski definition) is 9. The molecule has 4 rings (SSSR count). The fourth-order valence-electron chi connectivity index (χ4n) is 4.18. The molecular weight excluding hydrogens is 538 g/mol. The van der Waals surface area contributed by atoms with E-state index in [2.05, 4.69) is 17.0 Å². The van der Waals surface area contributed by atoms with Crippen molar-refractivity contribution < 1.29 is 41.9 Å². The molecule has 0 bridgehead atoms. The molecule has 10 nitrogen and oxygen atoms in total. The van der Waals surface area contributed by atoms with E-state index in [0.29, 0.717) is 5.56 Å². The van der Waals surface area contributed by atoms with Gasteiger partial charge in [-0.1, -0.05) is 73.3 Å². The number of nitrogens with one attached hydrogen (secondary N) is 1. The van der Waals surface area contributed by atoms with Crippen LogP contribution in [-0.2, 0) is 24.0 Å². The van der Waals surface area contributed by atoms with Gasteiger partial charge in [-0.25, -0.2) is 9.59 Å². The van der Waals surface area contributed by atoms with Crippen LogP contribution in [0, 0.1) is 0 Å². The maximum atomic E-state index is 13.2. The summed E-state index contributed by atoms with van der Waals surface area (Å²) in [6.07, 6.45) is -6.95. The Kier molecular flexibility index (Phi) is 9.28. The molecule has 1 saturated heterocycles. The maximum absolute atomic E-state index is 13.2. The molecule has 0 amide bonds. The second-order valence-corrected chi connectivity index (χ2v) is 10.2. The van der Waals surface area contributed by atoms with Crippen molar-refractivity contribution in [1.29, 1.82) is 0 Å². The van der Waals surface area contributed by atoms with Crippen molar-refractivity contribution in [2.75, 3.05) is 6.61 Å². The first-order valence-corrected chi connectivity index (χ1v) is 13.6. The van der Waals surface area contributed by atoms with Crippen molar-refractivity contribution in [1.82, 2.24) is 4.72 Å². The molecule has 208 valence electrons. The van der Waals surface area contributed by atoms with Gasteiger partial charge in [0.2, 0.25) is 0 Å². The monoisotopic (exact) mass is 565 g/mol. The standard InChI is InChI=1S/C29H27NO9S/c1-2-22(19-12-6-3-7-13-19)25(32)24-27(39-29(34)21-16-10-5-11-17-21)26(23(31)18-37-40(35,36)30-24)38-28(33)20-14-8-4-9-15-20/h3-17,23-27,30-32H,1,18H2/t23-,24-,25+,26-,27-/m1/s1. The molecule has 0 aromatic heterocycles. The Bertz CT molecular complexity index is 1470. The first-order valence-electron chi connectivity index (χ1n) is 12.2. The Labute approximate surface area is 231 Å². The zero-order valence-electron chi connectivity index (χ0n) is 21.1. The van der Waals surface area contributed by atoms with Gasteiger partial charge in [0.25, 0.3) is 0 Å². The number of carbonyl (C=O) groups excluding carboxylic acids is 2. The van der Waals surface area contributed by atoms with E-state index < -0.39 is 59.3 Å². The fraction of sp³-hybridized carbons (Fsp3) is 0.207. The highest BCUT2D eigenvalue weighted by Crippen LogP contribution is 2.28. The first kappa shape index (κ1) is 28.9. The van der Waals surface area contributed by atoms with Gasteiger partial charge in [-0.05, 0) is 29.8 Å². The molecule has 3 aromatic rings. The largest absolute Gasteiger partial charge is 0.453 e. The van der Waals surface area contributed by atoms with Crippen LogP contribution >= 0.6 is 0 Å². The minimum absolute atomic E-state index is 0.0530. The average molecular weight is 566 g/mol. The number of aliphatic hydroxyl groups is 2. The van der Waals surface area contributed by atoms with E-state index in [0.717, 1.165) is 0 Å². The van der Waals surface area contributed by atoms with Gasteiger partial charge in [0.05, 0.1) is 23.8 Å². The zero-order chi connectivity index (χ0) is 28.7. The van der Waals surface area contributed by atoms with Gasteiger partial charge in [0.1, 0.15) is 12.2 Å². The summed E-state index contributed by atoms with van der Waals surface area (Å²) >= 11 is 0. The van der Waals surface area contributed by atoms with E-state index in [1.54, 1.807) is 66.7 Å². The lowest BCUT2D eigenvalue weighted by molar-refractivity contribution is -0.109. The number of benzene rings is 3. The summed E-state index contributed by atoms with van der Waals surface area (Å²) in [4.78, 5) is 26.2. The Morgan fingerprint density at radius 3 is 1.77 bits per heavy atom. The van der Waals surface area contributed by atoms with E-state index in [1.165, 1.54) is 24.3 Å². The van der Waals surface area contributed by atoms with E-state index >= 15 is 0 Å². The van der Waals surface area contributed by atoms with Crippen LogP contribution in [0.15, 0.2) is 103 Å². The molecule has 3 aromatic carbocycles. The van der Waals surface area contributed by atoms with Gasteiger partial charge in [-0.15, -0.1) is 5.73 Å². The highest BCUT2D eigenvalue weighted by atomic mass is 32.2. The molecular formula is C29H27NO9S. The molecule has 0 aliphatic carbocycles. The van der Waals surface area contributed by atoms with Crippen molar-refractivity contribution in [3.63, 3.8) is 0 Å². The van der Waals surface area contributed by atoms with Crippen molar-refractivity contribution >= 4 is 27.8 Å². The molecule has 1 aliphatic rings. The lowest BCUT2D eigenvalue weighted by Gasteiger charge is -2.39. The molecule has 0 saturated carbocycles. The second kappa shape index (κ2) is 12.8. The van der Waals surface area contributed by atoms with Gasteiger partial charge in [0.15, 0.2) is 12.2 Å². The summed E-state index contributed by atoms with van der Waals surface area (Å²) in [5.41, 5.74) is 3.33. The van der Waals surface area contributed by atoms with Gasteiger partial charge in [0, 0.05) is 5.57 Å². The third-order valence-electron chi connectivity index (χ3n) is 6.15. The summed E-state index contributed by atoms with van der Waals surface area (Å²) in [7, 11) is -4.59. The van der Waals surface area contributed by atoms with Crippen LogP contribution in [0.1, 0.15) is 26.3 Å². The van der Waals surface area contributed by atoms with Crippen LogP contribution in [-0.4, -0.2) is 67.6 Å². The third-order valence-corrected chi connectivity index (χ3v) is 7.15. The molecule has 5 atom stereocenters. The number of esters is 2. The van der Waals surface area contributed by atoms with E-state index in [9.17, 15) is 28.2 Å². The lowest BCUT2D eigenvalue weighted by Crippen LogP contribution is -2.62. The fourth-order valence-corrected chi connectivity index (χ4v) is 5.16. The summed E-state index contributed by atoms with van der Waals surface area (Å²) in [6, 6.07) is 22.3. The topological polar surface area (TPSA) is 148 Å². The van der Waals surface area contributed by atoms with Gasteiger partial charge in [-0.2, -0.15) is 13.1 Å². The van der Waals surface area contributed by atoms with Gasteiger partial charge < -0.3 is 19.7 Å². The minimum atomic E-state index is -4.59. The summed E-state index contributed by atoms with van der Waals surface area (Å²) in [5.74, 6) is -1.80. The van der Waals surface area contributed by atoms with Crippen LogP contribution in [0.3, 0.4) is 0 Å². The highest BCUT2D eigenvalue weighted by molar-refractivity contribution is 7.84. The predicted molar refractivity (Wildman–Crippen MR) is 144 cm³/mol. The SMILES string of the molecule is C=C=C(c1ccccc1)[C@H](O)[C@H]1NS(=O)(=O)OC[C@@H](O)[C@@H](OC(=O)c2ccccc2)[C@@H]1OC(=O)c1ccccc1. The molecule has 3 N–H and O–H groups in total. The Morgan fingerprint density at radius 1 is 0.850 bits per heavy atom. The summed E-state index contributed by atoms with van der Waals surface area (Å²) in [5, 5.41) is 22.5. The second-order valence-electron chi connectivity index (χ2n) is 8.82. The molecule has 0 radical (unpaired) electrons. The lowest BCUT2D eigenvalue weighted by atomic mass is 9.90. The van der Waals surface area contributed by atoms with E-state index in [1.807, 2.05) is 0 Å². The molecule has 40 heavy (non-hydrogen) atoms. The quantitative estimate of drug-likeness (QED) is 0.290. The molecule has 1 heterocycles. The molecule has 0 spiro atoms. The number of aliphatic hydroxyl groups excluding tert-OH is 2. The van der Waals surface area contributed by atoms with Gasteiger partial charge in [-0.3, -0.25) is 4.18 Å². The van der Waals surface area contributed by atoms with E-state index in [-0.39, 0.29) is 16.7 Å². The molecule has 1 fully saturated rings. The minimum Gasteiger partial charge on any atom is -0.453 e. The Hall–Kier alpha value is -4.09. The van der Waals surface area contributed by atoms with Crippen LogP contribution < -0.4 is 4.72 Å². The van der Waals surface area contributed by atoms with Crippen LogP contribution in [0.25, 0.3) is 5.57 Å². The molecule has 0 unspecified atom stereocenters. The number of hydrogen-bond donors (Lipinski definition) is 3. The number of carbonyl (C=O) groups is 2. The van der Waals surface area contributed by atoms with Crippen LogP contribution in [0.2, 0.25) is 0 Å². The maximum Gasteiger partial charge on any atom is 0.338 e. The van der Waals surface area contributed by atoms with Crippen molar-refractivity contribution in [3.8, 4) is 0 Å². The average Bonchev–Trinajstić information content (AvgIpc) is 2.97. The highest BCUT2D eigenvalue weighted by Gasteiger charge is 2.48. The Balaban J connectivity index is 1.80. The van der Waals surface area contributed by atoms with Crippen LogP contribution in [0.4, 0.5) is 0 Å². The van der Waals surface area contributed by atoms with Crippen molar-refractivity contribution in [2.45, 2.75) is 30.5 Å². The third kappa shape index (κ3) is 6.91. The summed E-state index contributed by atoms with van der Waals surface area (Å²) < 4.78 is 43.8. The van der Waals surface area contributed by atoms with Crippen molar-refractivity contribution in [3.05, 3.63) is 120 Å². The smallest absolute Gasteiger partial charge is 0.338 e. The number of rotatable bonds is 7. The van der Waals surface area contributed by atoms with E-state index in [4.69, 9.17) is 13.7 Å². The van der Waals surface area contributed by atoms with Crippen LogP contribution in [0.5, 0.6) is 0 Å². The first-order chi connectivity index (χ1) is 19.2. The predicted octanol–water partition coefficient (Wildman–Crippen LogP) is 2.26. The van der Waals surface area contributed by atoms with Gasteiger partial charge >= 0.3 is 22.2 Å². The summed E-state index contributed by atoms with van der Waals surface area (Å²) in [6.45, 7) is 2.79.